The molecule has 5 nitrogen and oxygen atoms in total. The summed E-state index contributed by atoms with van der Waals surface area (Å²) >= 11 is 0. The predicted molar refractivity (Wildman–Crippen MR) is 67.8 cm³/mol. The summed E-state index contributed by atoms with van der Waals surface area (Å²) in [5.41, 5.74) is 1.37. The van der Waals surface area contributed by atoms with Crippen molar-refractivity contribution < 1.29 is 4.79 Å². The molecule has 3 rings (SSSR count). The third-order valence-electron chi connectivity index (χ3n) is 3.50. The predicted octanol–water partition coefficient (Wildman–Crippen LogP) is 1.18. The van der Waals surface area contributed by atoms with Crippen molar-refractivity contribution in [1.29, 1.82) is 0 Å². The molecule has 5 heteroatoms. The van der Waals surface area contributed by atoms with E-state index in [1.165, 1.54) is 25.9 Å². The van der Waals surface area contributed by atoms with Crippen LogP contribution in [0.2, 0.25) is 0 Å². The van der Waals surface area contributed by atoms with Crippen molar-refractivity contribution in [3.05, 3.63) is 29.7 Å². The molecular weight excluding hydrogens is 228 g/mol. The van der Waals surface area contributed by atoms with Crippen molar-refractivity contribution >= 4 is 11.9 Å². The molecule has 0 unspecified atom stereocenters. The summed E-state index contributed by atoms with van der Waals surface area (Å²) in [6, 6.07) is 5.50. The van der Waals surface area contributed by atoms with Crippen molar-refractivity contribution in [3.63, 3.8) is 0 Å². The highest BCUT2D eigenvalue weighted by atomic mass is 16.1. The number of pyridine rings is 1. The van der Waals surface area contributed by atoms with Crippen molar-refractivity contribution in [2.75, 3.05) is 19.6 Å². The van der Waals surface area contributed by atoms with E-state index < -0.39 is 0 Å². The highest BCUT2D eigenvalue weighted by Crippen LogP contribution is 2.11. The lowest BCUT2D eigenvalue weighted by molar-refractivity contribution is 0.111. The van der Waals surface area contributed by atoms with Gasteiger partial charge >= 0.3 is 0 Å². The summed E-state index contributed by atoms with van der Waals surface area (Å²) in [6.45, 7) is 3.35. The molecule has 0 amide bonds. The molecule has 1 aliphatic heterocycles. The molecule has 1 fully saturated rings. The Morgan fingerprint density at radius 3 is 2.83 bits per heavy atom. The van der Waals surface area contributed by atoms with Crippen LogP contribution in [0.1, 0.15) is 29.2 Å². The van der Waals surface area contributed by atoms with E-state index in [9.17, 15) is 4.79 Å². The number of likely N-dealkylation sites (tertiary alicyclic amines) is 1. The topological polar surface area (TPSA) is 50.5 Å². The lowest BCUT2D eigenvalue weighted by atomic mass is 10.3. The van der Waals surface area contributed by atoms with Gasteiger partial charge in [-0.2, -0.15) is 0 Å². The van der Waals surface area contributed by atoms with E-state index in [1.54, 1.807) is 6.07 Å². The largest absolute Gasteiger partial charge is 0.303 e. The zero-order chi connectivity index (χ0) is 12.4. The highest BCUT2D eigenvalue weighted by molar-refractivity contribution is 5.73. The lowest BCUT2D eigenvalue weighted by Crippen LogP contribution is -2.22. The van der Waals surface area contributed by atoms with Gasteiger partial charge in [0.2, 0.25) is 0 Å². The maximum absolute atomic E-state index is 11.0. The number of nitrogens with zero attached hydrogens (tertiary/aromatic N) is 4. The molecule has 2 aromatic rings. The summed E-state index contributed by atoms with van der Waals surface area (Å²) in [5.74, 6) is 0.875. The molecule has 0 aromatic carbocycles. The Bertz CT molecular complexity index is 557. The number of hydrogen-bond donors (Lipinski definition) is 0. The number of rotatable bonds is 4. The summed E-state index contributed by atoms with van der Waals surface area (Å²) in [5, 5.41) is 8.30. The zero-order valence-electron chi connectivity index (χ0n) is 10.2. The van der Waals surface area contributed by atoms with E-state index in [1.807, 2.05) is 16.5 Å². The molecule has 0 N–H and O–H groups in total. The molecule has 18 heavy (non-hydrogen) atoms. The average molecular weight is 244 g/mol. The second kappa shape index (κ2) is 4.86. The SMILES string of the molecule is O=Cc1cccc2nnc(CCN3CCCC3)n12. The van der Waals surface area contributed by atoms with Crippen LogP contribution in [0, 0.1) is 0 Å². The van der Waals surface area contributed by atoms with Crippen molar-refractivity contribution in [1.82, 2.24) is 19.5 Å². The van der Waals surface area contributed by atoms with Gasteiger partial charge in [-0.1, -0.05) is 6.07 Å². The monoisotopic (exact) mass is 244 g/mol. The van der Waals surface area contributed by atoms with Gasteiger partial charge < -0.3 is 4.90 Å². The van der Waals surface area contributed by atoms with Gasteiger partial charge in [-0.25, -0.2) is 0 Å². The Balaban J connectivity index is 1.84. The van der Waals surface area contributed by atoms with Crippen molar-refractivity contribution in [3.8, 4) is 0 Å². The highest BCUT2D eigenvalue weighted by Gasteiger charge is 2.14. The molecule has 0 bridgehead atoms. The molecule has 0 aliphatic carbocycles. The van der Waals surface area contributed by atoms with E-state index in [0.29, 0.717) is 5.69 Å². The van der Waals surface area contributed by atoms with Crippen LogP contribution >= 0.6 is 0 Å². The summed E-state index contributed by atoms with van der Waals surface area (Å²) < 4.78 is 1.85. The number of aromatic nitrogens is 3. The maximum atomic E-state index is 11.0. The molecule has 3 heterocycles. The number of aldehydes is 1. The van der Waals surface area contributed by atoms with E-state index in [-0.39, 0.29) is 0 Å². The van der Waals surface area contributed by atoms with E-state index in [4.69, 9.17) is 0 Å². The summed E-state index contributed by atoms with van der Waals surface area (Å²) in [4.78, 5) is 13.5. The lowest BCUT2D eigenvalue weighted by Gasteiger charge is -2.13. The normalized spacial score (nSPS) is 16.4. The van der Waals surface area contributed by atoms with E-state index >= 15 is 0 Å². The third-order valence-corrected chi connectivity index (χ3v) is 3.50. The van der Waals surface area contributed by atoms with Crippen LogP contribution in [0.3, 0.4) is 0 Å². The molecule has 1 aliphatic rings. The number of carbonyl (C=O) groups excluding carboxylic acids is 1. The van der Waals surface area contributed by atoms with Gasteiger partial charge in [0.05, 0.1) is 5.69 Å². The molecule has 0 radical (unpaired) electrons. The van der Waals surface area contributed by atoms with Crippen molar-refractivity contribution in [2.45, 2.75) is 19.3 Å². The minimum absolute atomic E-state index is 0.619. The number of hydrogen-bond acceptors (Lipinski definition) is 4. The first-order chi connectivity index (χ1) is 8.88. The van der Waals surface area contributed by atoms with Crippen LogP contribution in [-0.4, -0.2) is 45.4 Å². The second-order valence-corrected chi connectivity index (χ2v) is 4.68. The van der Waals surface area contributed by atoms with Crippen LogP contribution in [0.4, 0.5) is 0 Å². The molecule has 2 aromatic heterocycles. The van der Waals surface area contributed by atoms with Crippen LogP contribution in [0.5, 0.6) is 0 Å². The van der Waals surface area contributed by atoms with Gasteiger partial charge in [-0.15, -0.1) is 10.2 Å². The smallest absolute Gasteiger partial charge is 0.166 e. The first-order valence-electron chi connectivity index (χ1n) is 6.39. The maximum Gasteiger partial charge on any atom is 0.166 e. The van der Waals surface area contributed by atoms with Crippen LogP contribution in [0.25, 0.3) is 5.65 Å². The standard InChI is InChI=1S/C13H16N4O/c18-10-11-4-3-5-12-14-15-13(17(11)12)6-9-16-7-1-2-8-16/h3-5,10H,1-2,6-9H2. The Morgan fingerprint density at radius 1 is 1.22 bits per heavy atom. The molecule has 1 saturated heterocycles. The third kappa shape index (κ3) is 2.01. The van der Waals surface area contributed by atoms with Crippen LogP contribution < -0.4 is 0 Å². The molecular formula is C13H16N4O. The molecule has 0 spiro atoms. The fourth-order valence-electron chi connectivity index (χ4n) is 2.55. The first kappa shape index (κ1) is 11.3. The van der Waals surface area contributed by atoms with Gasteiger partial charge in [-0.05, 0) is 38.1 Å². The first-order valence-corrected chi connectivity index (χ1v) is 6.39. The molecule has 0 atom stereocenters. The fourth-order valence-corrected chi connectivity index (χ4v) is 2.55. The number of carbonyl (C=O) groups is 1. The number of fused-ring (bicyclic) bond motifs is 1. The van der Waals surface area contributed by atoms with E-state index in [0.717, 1.165) is 30.7 Å². The quantitative estimate of drug-likeness (QED) is 0.758. The van der Waals surface area contributed by atoms with Gasteiger partial charge in [-0.3, -0.25) is 9.20 Å². The zero-order valence-corrected chi connectivity index (χ0v) is 10.2. The molecule has 94 valence electrons. The van der Waals surface area contributed by atoms with Gasteiger partial charge in [0.1, 0.15) is 5.82 Å². The average Bonchev–Trinajstić information content (AvgIpc) is 3.05. The molecule has 0 saturated carbocycles. The van der Waals surface area contributed by atoms with E-state index in [2.05, 4.69) is 15.1 Å². The summed E-state index contributed by atoms with van der Waals surface area (Å²) in [6.07, 6.45) is 4.28. The minimum Gasteiger partial charge on any atom is -0.303 e. The Morgan fingerprint density at radius 2 is 2.06 bits per heavy atom. The fraction of sp³-hybridized carbons (Fsp3) is 0.462. The van der Waals surface area contributed by atoms with Crippen LogP contribution in [0.15, 0.2) is 18.2 Å². The van der Waals surface area contributed by atoms with Gasteiger partial charge in [0, 0.05) is 13.0 Å². The Hall–Kier alpha value is -1.75. The Kier molecular flexibility index (Phi) is 3.06. The minimum atomic E-state index is 0.619. The van der Waals surface area contributed by atoms with Gasteiger partial charge in [0.15, 0.2) is 11.9 Å². The van der Waals surface area contributed by atoms with Crippen LogP contribution in [-0.2, 0) is 6.42 Å². The Labute approximate surface area is 105 Å². The summed E-state index contributed by atoms with van der Waals surface area (Å²) in [7, 11) is 0. The van der Waals surface area contributed by atoms with Crippen molar-refractivity contribution in [2.24, 2.45) is 0 Å². The second-order valence-electron chi connectivity index (χ2n) is 4.68. The van der Waals surface area contributed by atoms with Gasteiger partial charge in [0.25, 0.3) is 0 Å².